The van der Waals surface area contributed by atoms with Gasteiger partial charge in [0.2, 0.25) is 5.95 Å². The highest BCUT2D eigenvalue weighted by Crippen LogP contribution is 2.30. The van der Waals surface area contributed by atoms with Crippen molar-refractivity contribution in [1.29, 1.82) is 0 Å². The molecule has 0 fully saturated rings. The number of aromatic nitrogens is 2. The fraction of sp³-hybridized carbons (Fsp3) is 0.389. The molecule has 2 aromatic rings. The van der Waals surface area contributed by atoms with Crippen LogP contribution in [0.15, 0.2) is 30.5 Å². The summed E-state index contributed by atoms with van der Waals surface area (Å²) in [4.78, 5) is 22.6. The third-order valence-electron chi connectivity index (χ3n) is 3.72. The van der Waals surface area contributed by atoms with Crippen molar-refractivity contribution in [2.45, 2.75) is 19.8 Å². The van der Waals surface area contributed by atoms with E-state index < -0.39 is 0 Å². The van der Waals surface area contributed by atoms with Crippen molar-refractivity contribution < 1.29 is 14.3 Å². The van der Waals surface area contributed by atoms with Gasteiger partial charge in [0.05, 0.1) is 19.9 Å². The second-order valence-electron chi connectivity index (χ2n) is 5.54. The molecule has 7 heteroatoms. The van der Waals surface area contributed by atoms with E-state index in [2.05, 4.69) is 22.2 Å². The number of anilines is 2. The van der Waals surface area contributed by atoms with Crippen LogP contribution in [0.2, 0.25) is 0 Å². The van der Waals surface area contributed by atoms with Crippen molar-refractivity contribution in [3.8, 4) is 11.5 Å². The van der Waals surface area contributed by atoms with Gasteiger partial charge in [-0.1, -0.05) is 13.3 Å². The number of amides is 1. The number of hydrogen-bond acceptors (Lipinski definition) is 6. The molecule has 1 N–H and O–H groups in total. The molecule has 0 aliphatic heterocycles. The molecule has 0 aliphatic carbocycles. The average Bonchev–Trinajstić information content (AvgIpc) is 2.65. The van der Waals surface area contributed by atoms with Crippen molar-refractivity contribution >= 4 is 17.5 Å². The summed E-state index contributed by atoms with van der Waals surface area (Å²) in [6, 6.07) is 6.98. The summed E-state index contributed by atoms with van der Waals surface area (Å²) in [5.41, 5.74) is 1.00. The maximum atomic E-state index is 12.4. The Bertz CT molecular complexity index is 721. The molecular formula is C18H24N4O3. The number of benzene rings is 1. The van der Waals surface area contributed by atoms with Crippen LogP contribution in [-0.4, -0.2) is 48.6 Å². The van der Waals surface area contributed by atoms with Gasteiger partial charge in [-0.3, -0.25) is 4.79 Å². The molecule has 0 unspecified atom stereocenters. The number of nitrogens with one attached hydrogen (secondary N) is 1. The SMILES string of the molecule is CCCCN(C)C(=O)c1ccnc(Nc2cc(OC)ccc2OC)n1. The molecule has 1 aromatic carbocycles. The van der Waals surface area contributed by atoms with Crippen molar-refractivity contribution in [3.63, 3.8) is 0 Å². The Balaban J connectivity index is 2.20. The number of carbonyl (C=O) groups excluding carboxylic acids is 1. The Labute approximate surface area is 148 Å². The minimum Gasteiger partial charge on any atom is -0.497 e. The number of unbranched alkanes of at least 4 members (excludes halogenated alkanes) is 1. The summed E-state index contributed by atoms with van der Waals surface area (Å²) in [7, 11) is 4.95. The van der Waals surface area contributed by atoms with Crippen LogP contribution in [-0.2, 0) is 0 Å². The lowest BCUT2D eigenvalue weighted by Gasteiger charge is -2.16. The zero-order valence-electron chi connectivity index (χ0n) is 15.1. The minimum atomic E-state index is -0.128. The Morgan fingerprint density at radius 1 is 1.24 bits per heavy atom. The van der Waals surface area contributed by atoms with Crippen molar-refractivity contribution in [3.05, 3.63) is 36.2 Å². The first kappa shape index (κ1) is 18.5. The molecule has 0 saturated carbocycles. The topological polar surface area (TPSA) is 76.6 Å². The number of ether oxygens (including phenoxy) is 2. The molecule has 1 heterocycles. The zero-order valence-corrected chi connectivity index (χ0v) is 15.1. The molecular weight excluding hydrogens is 320 g/mol. The quantitative estimate of drug-likeness (QED) is 0.793. The van der Waals surface area contributed by atoms with Crippen LogP contribution in [0, 0.1) is 0 Å². The van der Waals surface area contributed by atoms with Gasteiger partial charge in [-0.25, -0.2) is 9.97 Å². The molecule has 0 spiro atoms. The minimum absolute atomic E-state index is 0.128. The summed E-state index contributed by atoms with van der Waals surface area (Å²) in [6.45, 7) is 2.79. The highest BCUT2D eigenvalue weighted by molar-refractivity contribution is 5.92. The lowest BCUT2D eigenvalue weighted by molar-refractivity contribution is 0.0787. The molecule has 0 radical (unpaired) electrons. The van der Waals surface area contributed by atoms with E-state index in [1.54, 1.807) is 56.6 Å². The van der Waals surface area contributed by atoms with E-state index in [4.69, 9.17) is 9.47 Å². The number of nitrogens with zero attached hydrogens (tertiary/aromatic N) is 3. The largest absolute Gasteiger partial charge is 0.497 e. The fourth-order valence-electron chi connectivity index (χ4n) is 2.26. The van der Waals surface area contributed by atoms with Gasteiger partial charge >= 0.3 is 0 Å². The highest BCUT2D eigenvalue weighted by Gasteiger charge is 2.14. The second-order valence-corrected chi connectivity index (χ2v) is 5.54. The zero-order chi connectivity index (χ0) is 18.2. The van der Waals surface area contributed by atoms with E-state index in [-0.39, 0.29) is 5.91 Å². The Morgan fingerprint density at radius 2 is 2.04 bits per heavy atom. The highest BCUT2D eigenvalue weighted by atomic mass is 16.5. The van der Waals surface area contributed by atoms with Crippen molar-refractivity contribution in [2.24, 2.45) is 0 Å². The third-order valence-corrected chi connectivity index (χ3v) is 3.72. The molecule has 1 aromatic heterocycles. The molecule has 7 nitrogen and oxygen atoms in total. The summed E-state index contributed by atoms with van der Waals surface area (Å²) in [6.07, 6.45) is 3.55. The Kier molecular flexibility index (Phi) is 6.56. The number of methoxy groups -OCH3 is 2. The van der Waals surface area contributed by atoms with Crippen molar-refractivity contribution in [1.82, 2.24) is 14.9 Å². The molecule has 2 rings (SSSR count). The number of hydrogen-bond donors (Lipinski definition) is 1. The van der Waals surface area contributed by atoms with E-state index in [0.717, 1.165) is 12.8 Å². The third kappa shape index (κ3) is 4.82. The van der Waals surface area contributed by atoms with Crippen molar-refractivity contribution in [2.75, 3.05) is 33.1 Å². The molecule has 1 amide bonds. The van der Waals surface area contributed by atoms with E-state index in [1.807, 2.05) is 0 Å². The standard InChI is InChI=1S/C18H24N4O3/c1-5-6-11-22(2)17(23)14-9-10-19-18(20-14)21-15-12-13(24-3)7-8-16(15)25-4/h7-10,12H,5-6,11H2,1-4H3,(H,19,20,21). The van der Waals surface area contributed by atoms with Gasteiger partial charge in [0, 0.05) is 25.9 Å². The predicted octanol–water partition coefficient (Wildman–Crippen LogP) is 3.11. The van der Waals surface area contributed by atoms with Crippen LogP contribution in [0.25, 0.3) is 0 Å². The van der Waals surface area contributed by atoms with Gasteiger partial charge in [0.1, 0.15) is 17.2 Å². The van der Waals surface area contributed by atoms with Crippen LogP contribution in [0.3, 0.4) is 0 Å². The van der Waals surface area contributed by atoms with Crippen LogP contribution in [0.5, 0.6) is 11.5 Å². The lowest BCUT2D eigenvalue weighted by Crippen LogP contribution is -2.28. The fourth-order valence-corrected chi connectivity index (χ4v) is 2.26. The summed E-state index contributed by atoms with van der Waals surface area (Å²) < 4.78 is 10.6. The first-order valence-corrected chi connectivity index (χ1v) is 8.16. The van der Waals surface area contributed by atoms with E-state index >= 15 is 0 Å². The van der Waals surface area contributed by atoms with Crippen LogP contribution in [0.1, 0.15) is 30.3 Å². The lowest BCUT2D eigenvalue weighted by atomic mass is 10.2. The average molecular weight is 344 g/mol. The summed E-state index contributed by atoms with van der Waals surface area (Å²) >= 11 is 0. The van der Waals surface area contributed by atoms with Gasteiger partial charge in [-0.15, -0.1) is 0 Å². The number of rotatable bonds is 8. The maximum Gasteiger partial charge on any atom is 0.272 e. The van der Waals surface area contributed by atoms with Gasteiger partial charge in [-0.05, 0) is 24.6 Å². The maximum absolute atomic E-state index is 12.4. The van der Waals surface area contributed by atoms with Gasteiger partial charge in [0.25, 0.3) is 5.91 Å². The normalized spacial score (nSPS) is 10.2. The molecule has 0 aliphatic rings. The first-order chi connectivity index (χ1) is 12.1. The first-order valence-electron chi connectivity index (χ1n) is 8.16. The van der Waals surface area contributed by atoms with Gasteiger partial charge in [-0.2, -0.15) is 0 Å². The molecule has 25 heavy (non-hydrogen) atoms. The Morgan fingerprint density at radius 3 is 2.72 bits per heavy atom. The van der Waals surface area contributed by atoms with Crippen LogP contribution in [0.4, 0.5) is 11.6 Å². The van der Waals surface area contributed by atoms with E-state index in [0.29, 0.717) is 35.4 Å². The summed E-state index contributed by atoms with van der Waals surface area (Å²) in [5, 5.41) is 3.08. The van der Waals surface area contributed by atoms with Crippen LogP contribution >= 0.6 is 0 Å². The smallest absolute Gasteiger partial charge is 0.272 e. The molecule has 0 saturated heterocycles. The van der Waals surface area contributed by atoms with Crippen LogP contribution < -0.4 is 14.8 Å². The Hall–Kier alpha value is -2.83. The monoisotopic (exact) mass is 344 g/mol. The van der Waals surface area contributed by atoms with E-state index in [9.17, 15) is 4.79 Å². The second kappa shape index (κ2) is 8.86. The molecule has 134 valence electrons. The summed E-state index contributed by atoms with van der Waals surface area (Å²) in [5.74, 6) is 1.49. The molecule has 0 bridgehead atoms. The van der Waals surface area contributed by atoms with Gasteiger partial charge < -0.3 is 19.7 Å². The van der Waals surface area contributed by atoms with E-state index in [1.165, 1.54) is 0 Å². The molecule has 0 atom stereocenters. The van der Waals surface area contributed by atoms with Gasteiger partial charge in [0.15, 0.2) is 0 Å². The number of carbonyl (C=O) groups is 1. The predicted molar refractivity (Wildman–Crippen MR) is 96.7 cm³/mol.